The summed E-state index contributed by atoms with van der Waals surface area (Å²) < 4.78 is 1.49. The number of nitrogens with zero attached hydrogens (tertiary/aromatic N) is 4. The Bertz CT molecular complexity index is 1600. The third-order valence-electron chi connectivity index (χ3n) is 7.43. The van der Waals surface area contributed by atoms with Gasteiger partial charge < -0.3 is 4.90 Å². The largest absolute Gasteiger partial charge is 0.344 e. The van der Waals surface area contributed by atoms with Crippen molar-refractivity contribution in [2.45, 2.75) is 57.0 Å². The second kappa shape index (κ2) is 8.52. The number of para-hydroxylation sites is 1. The first-order valence-electron chi connectivity index (χ1n) is 12.6. The lowest BCUT2D eigenvalue weighted by molar-refractivity contribution is 0.626. The summed E-state index contributed by atoms with van der Waals surface area (Å²) in [5.74, 6) is 0.952. The lowest BCUT2D eigenvalue weighted by Gasteiger charge is -2.30. The van der Waals surface area contributed by atoms with Gasteiger partial charge in [0.25, 0.3) is 5.56 Å². The Morgan fingerprint density at radius 2 is 1.91 bits per heavy atom. The second-order valence-corrected chi connectivity index (χ2v) is 11.1. The number of thioether (sulfide) groups is 1. The van der Waals surface area contributed by atoms with Gasteiger partial charge in [0.05, 0.1) is 0 Å². The van der Waals surface area contributed by atoms with E-state index < -0.39 is 0 Å². The van der Waals surface area contributed by atoms with Crippen molar-refractivity contribution in [2.24, 2.45) is 0 Å². The molecule has 0 N–H and O–H groups in total. The van der Waals surface area contributed by atoms with Crippen molar-refractivity contribution in [3.63, 3.8) is 0 Å². The summed E-state index contributed by atoms with van der Waals surface area (Å²) in [6.45, 7) is 7.84. The number of aryl methyl sites for hydroxylation is 1. The lowest BCUT2D eigenvalue weighted by Crippen LogP contribution is -2.29. The SMILES string of the molecule is CCCCSc1nc2/c(=C/C=C3\N4CCCc5cccc(c54)C3(C)C)c3ccccc3c(=O)n2n1. The predicted molar refractivity (Wildman–Crippen MR) is 145 cm³/mol. The molecule has 0 aliphatic carbocycles. The monoisotopic (exact) mass is 482 g/mol. The van der Waals surface area contributed by atoms with Crippen LogP contribution < -0.4 is 15.7 Å². The summed E-state index contributed by atoms with van der Waals surface area (Å²) in [6.07, 6.45) is 8.93. The molecule has 0 spiro atoms. The van der Waals surface area contributed by atoms with E-state index in [-0.39, 0.29) is 11.0 Å². The Kier molecular flexibility index (Phi) is 5.44. The van der Waals surface area contributed by atoms with Crippen molar-refractivity contribution in [1.29, 1.82) is 0 Å². The Balaban J connectivity index is 1.57. The molecule has 0 saturated heterocycles. The van der Waals surface area contributed by atoms with Crippen LogP contribution in [0.3, 0.4) is 0 Å². The van der Waals surface area contributed by atoms with E-state index >= 15 is 0 Å². The highest BCUT2D eigenvalue weighted by Crippen LogP contribution is 2.50. The summed E-state index contributed by atoms with van der Waals surface area (Å²) in [5.41, 5.74) is 5.97. The highest BCUT2D eigenvalue weighted by atomic mass is 32.2. The van der Waals surface area contributed by atoms with Crippen LogP contribution in [0.25, 0.3) is 22.5 Å². The molecule has 2 aliphatic heterocycles. The minimum Gasteiger partial charge on any atom is -0.344 e. The molecule has 4 aromatic rings. The van der Waals surface area contributed by atoms with E-state index in [9.17, 15) is 4.79 Å². The van der Waals surface area contributed by atoms with Crippen molar-refractivity contribution >= 4 is 39.9 Å². The minimum absolute atomic E-state index is 0.0917. The smallest absolute Gasteiger partial charge is 0.280 e. The van der Waals surface area contributed by atoms with Crippen molar-refractivity contribution < 1.29 is 0 Å². The number of hydrogen-bond acceptors (Lipinski definition) is 5. The van der Waals surface area contributed by atoms with E-state index in [0.29, 0.717) is 16.2 Å². The zero-order valence-corrected chi connectivity index (χ0v) is 21.4. The van der Waals surface area contributed by atoms with Gasteiger partial charge in [0.15, 0.2) is 5.65 Å². The molecule has 4 heterocycles. The maximum absolute atomic E-state index is 13.3. The van der Waals surface area contributed by atoms with Crippen molar-refractivity contribution in [2.75, 3.05) is 17.2 Å². The number of unbranched alkanes of at least 4 members (excludes halogenated alkanes) is 1. The minimum atomic E-state index is -0.107. The maximum Gasteiger partial charge on any atom is 0.280 e. The standard InChI is InChI=1S/C29H30N4OS/c1-4-5-18-35-28-30-26-21(20-12-6-7-13-22(20)27(34)33(26)31-28)15-16-24-29(2,3)23-14-8-10-19-11-9-17-32(24)25(19)23/h6-8,10,12-16H,4-5,9,11,17-18H2,1-3H3/b21-15+,24-16-. The van der Waals surface area contributed by atoms with Crippen LogP contribution >= 0.6 is 11.8 Å². The van der Waals surface area contributed by atoms with E-state index in [0.717, 1.165) is 48.6 Å². The number of rotatable bonds is 5. The Labute approximate surface area is 209 Å². The van der Waals surface area contributed by atoms with E-state index in [4.69, 9.17) is 4.98 Å². The second-order valence-electron chi connectivity index (χ2n) is 10.0. The number of pyridine rings is 1. The number of benzene rings is 2. The van der Waals surface area contributed by atoms with Crippen molar-refractivity contribution in [1.82, 2.24) is 14.6 Å². The van der Waals surface area contributed by atoms with Crippen molar-refractivity contribution in [3.05, 3.63) is 80.9 Å². The predicted octanol–water partition coefficient (Wildman–Crippen LogP) is 5.26. The molecule has 0 amide bonds. The molecule has 0 atom stereocenters. The van der Waals surface area contributed by atoms with Crippen LogP contribution in [0.2, 0.25) is 0 Å². The molecule has 0 unspecified atom stereocenters. The number of aromatic nitrogens is 3. The molecule has 35 heavy (non-hydrogen) atoms. The van der Waals surface area contributed by atoms with Gasteiger partial charge in [-0.05, 0) is 54.0 Å². The Morgan fingerprint density at radius 3 is 2.74 bits per heavy atom. The number of anilines is 1. The van der Waals surface area contributed by atoms with Crippen LogP contribution in [-0.2, 0) is 11.8 Å². The fourth-order valence-electron chi connectivity index (χ4n) is 5.61. The normalized spacial score (nSPS) is 18.2. The molecule has 2 aromatic carbocycles. The summed E-state index contributed by atoms with van der Waals surface area (Å²) in [4.78, 5) is 20.6. The average molecular weight is 483 g/mol. The summed E-state index contributed by atoms with van der Waals surface area (Å²) in [5, 5.41) is 7.81. The zero-order valence-electron chi connectivity index (χ0n) is 20.5. The Morgan fingerprint density at radius 1 is 1.09 bits per heavy atom. The molecule has 0 radical (unpaired) electrons. The van der Waals surface area contributed by atoms with Gasteiger partial charge in [0.1, 0.15) is 0 Å². The first-order chi connectivity index (χ1) is 17.0. The average Bonchev–Trinajstić information content (AvgIpc) is 3.38. The Hall–Kier alpha value is -3.12. The van der Waals surface area contributed by atoms with Gasteiger partial charge in [-0.15, -0.1) is 5.10 Å². The number of allylic oxidation sites excluding steroid dienone is 2. The first kappa shape index (κ1) is 22.4. The molecular weight excluding hydrogens is 452 g/mol. The number of hydrogen-bond donors (Lipinski definition) is 0. The molecule has 5 nitrogen and oxygen atoms in total. The zero-order chi connectivity index (χ0) is 24.2. The van der Waals surface area contributed by atoms with E-state index in [1.54, 1.807) is 11.8 Å². The van der Waals surface area contributed by atoms with E-state index in [1.165, 1.54) is 27.0 Å². The van der Waals surface area contributed by atoms with Gasteiger partial charge in [-0.3, -0.25) is 4.79 Å². The van der Waals surface area contributed by atoms with Crippen LogP contribution in [0.4, 0.5) is 5.69 Å². The topological polar surface area (TPSA) is 50.5 Å². The quantitative estimate of drug-likeness (QED) is 0.287. The van der Waals surface area contributed by atoms with Gasteiger partial charge >= 0.3 is 0 Å². The van der Waals surface area contributed by atoms with Crippen LogP contribution in [0.5, 0.6) is 0 Å². The van der Waals surface area contributed by atoms with Crippen LogP contribution in [0.1, 0.15) is 51.2 Å². The molecule has 0 fully saturated rings. The lowest BCUT2D eigenvalue weighted by atomic mass is 9.83. The summed E-state index contributed by atoms with van der Waals surface area (Å²) >= 11 is 1.62. The highest BCUT2D eigenvalue weighted by Gasteiger charge is 2.41. The molecule has 178 valence electrons. The highest BCUT2D eigenvalue weighted by molar-refractivity contribution is 7.99. The molecule has 2 aromatic heterocycles. The van der Waals surface area contributed by atoms with Gasteiger partial charge in [0, 0.05) is 39.7 Å². The van der Waals surface area contributed by atoms with E-state index in [2.05, 4.69) is 61.1 Å². The van der Waals surface area contributed by atoms with E-state index in [1.807, 2.05) is 24.3 Å². The van der Waals surface area contributed by atoms with Crippen molar-refractivity contribution in [3.8, 4) is 0 Å². The summed E-state index contributed by atoms with van der Waals surface area (Å²) in [7, 11) is 0. The molecule has 6 heteroatoms. The number of fused-ring (bicyclic) bond motifs is 2. The van der Waals surface area contributed by atoms with Gasteiger partial charge in [-0.2, -0.15) is 4.52 Å². The third-order valence-corrected chi connectivity index (χ3v) is 8.35. The molecule has 2 aliphatic rings. The van der Waals surface area contributed by atoms with Crippen LogP contribution in [-0.4, -0.2) is 26.9 Å². The van der Waals surface area contributed by atoms with Gasteiger partial charge in [-0.1, -0.05) is 75.4 Å². The van der Waals surface area contributed by atoms with Gasteiger partial charge in [0.2, 0.25) is 5.16 Å². The fourth-order valence-corrected chi connectivity index (χ4v) is 6.52. The van der Waals surface area contributed by atoms with Gasteiger partial charge in [-0.25, -0.2) is 4.98 Å². The molecular formula is C29H30N4OS. The maximum atomic E-state index is 13.3. The molecule has 0 saturated carbocycles. The fraction of sp³-hybridized carbons (Fsp3) is 0.345. The van der Waals surface area contributed by atoms with Crippen LogP contribution in [0.15, 0.2) is 64.2 Å². The summed E-state index contributed by atoms with van der Waals surface area (Å²) in [6, 6.07) is 14.6. The molecule has 6 rings (SSSR count). The molecule has 0 bridgehead atoms. The van der Waals surface area contributed by atoms with Crippen LogP contribution in [0, 0.1) is 0 Å². The third kappa shape index (κ3) is 3.49. The first-order valence-corrected chi connectivity index (χ1v) is 13.6.